The quantitative estimate of drug-likeness (QED) is 0.227. The Balaban J connectivity index is 1.30. The molecule has 0 radical (unpaired) electrons. The maximum Gasteiger partial charge on any atom is 0.270 e. The van der Waals surface area contributed by atoms with E-state index in [-0.39, 0.29) is 22.9 Å². The molecular formula is C34H35N5O2. The highest BCUT2D eigenvalue weighted by Crippen LogP contribution is 2.38. The van der Waals surface area contributed by atoms with Crippen LogP contribution in [0, 0.1) is 0 Å². The standard InChI is InChI=1S/C34H35N5O2/c1-33(20-26-22-36-28-14-6-5-13-27(26)28,39-31(40)29-19-24-11-3-4-12-25(24)21-37-29)32(41)38-23-34(16-8-2-9-17-34)30-15-7-10-18-35-30/h3-7,10-15,18-19,21-22,36H,2,8-9,16-17,20,23H2,1H3,(H,38,41)(H,39,40)/t33-/m0/s1. The molecule has 3 heterocycles. The van der Waals surface area contributed by atoms with Crippen LogP contribution in [0.15, 0.2) is 91.4 Å². The van der Waals surface area contributed by atoms with E-state index in [1.165, 1.54) is 6.42 Å². The molecule has 208 valence electrons. The summed E-state index contributed by atoms with van der Waals surface area (Å²) in [7, 11) is 0. The van der Waals surface area contributed by atoms with Crippen molar-refractivity contribution >= 4 is 33.5 Å². The molecule has 6 rings (SSSR count). The third kappa shape index (κ3) is 5.44. The number of carbonyl (C=O) groups is 2. The Bertz CT molecular complexity index is 1690. The summed E-state index contributed by atoms with van der Waals surface area (Å²) < 4.78 is 0. The molecule has 41 heavy (non-hydrogen) atoms. The molecule has 7 heteroatoms. The summed E-state index contributed by atoms with van der Waals surface area (Å²) in [4.78, 5) is 40.2. The van der Waals surface area contributed by atoms with Crippen LogP contribution in [0.2, 0.25) is 0 Å². The molecule has 1 saturated carbocycles. The van der Waals surface area contributed by atoms with E-state index >= 15 is 0 Å². The van der Waals surface area contributed by atoms with E-state index in [0.717, 1.165) is 58.6 Å². The van der Waals surface area contributed by atoms with E-state index < -0.39 is 5.54 Å². The highest BCUT2D eigenvalue weighted by Gasteiger charge is 2.40. The van der Waals surface area contributed by atoms with Gasteiger partial charge in [0.2, 0.25) is 5.91 Å². The summed E-state index contributed by atoms with van der Waals surface area (Å²) in [6, 6.07) is 23.6. The molecule has 1 fully saturated rings. The third-order valence-electron chi connectivity index (χ3n) is 8.58. The van der Waals surface area contributed by atoms with Crippen LogP contribution in [0.1, 0.15) is 60.8 Å². The molecule has 3 aromatic heterocycles. The number of pyridine rings is 2. The van der Waals surface area contributed by atoms with Crippen LogP contribution in [0.4, 0.5) is 0 Å². The molecule has 2 aromatic carbocycles. The second kappa shape index (κ2) is 11.2. The minimum absolute atomic E-state index is 0.221. The average Bonchev–Trinajstić information content (AvgIpc) is 3.42. The number of aromatic amines is 1. The zero-order valence-corrected chi connectivity index (χ0v) is 23.3. The molecule has 0 unspecified atom stereocenters. The molecule has 1 atom stereocenters. The number of rotatable bonds is 8. The lowest BCUT2D eigenvalue weighted by molar-refractivity contribution is -0.127. The molecule has 0 spiro atoms. The topological polar surface area (TPSA) is 99.8 Å². The van der Waals surface area contributed by atoms with Crippen LogP contribution in [-0.2, 0) is 16.6 Å². The van der Waals surface area contributed by atoms with E-state index in [1.807, 2.05) is 73.1 Å². The Hall–Kier alpha value is -4.52. The largest absolute Gasteiger partial charge is 0.361 e. The van der Waals surface area contributed by atoms with Crippen molar-refractivity contribution in [1.82, 2.24) is 25.6 Å². The summed E-state index contributed by atoms with van der Waals surface area (Å²) in [6.07, 6.45) is 11.1. The number of para-hydroxylation sites is 1. The van der Waals surface area contributed by atoms with Gasteiger partial charge in [0.1, 0.15) is 11.2 Å². The van der Waals surface area contributed by atoms with Crippen molar-refractivity contribution in [1.29, 1.82) is 0 Å². The van der Waals surface area contributed by atoms with Crippen molar-refractivity contribution < 1.29 is 9.59 Å². The van der Waals surface area contributed by atoms with Crippen molar-refractivity contribution in [2.45, 2.75) is 56.4 Å². The highest BCUT2D eigenvalue weighted by molar-refractivity contribution is 6.00. The molecule has 1 aliphatic rings. The summed E-state index contributed by atoms with van der Waals surface area (Å²) in [6.45, 7) is 2.27. The van der Waals surface area contributed by atoms with E-state index in [4.69, 9.17) is 0 Å². The van der Waals surface area contributed by atoms with E-state index in [1.54, 1.807) is 19.2 Å². The van der Waals surface area contributed by atoms with Crippen LogP contribution in [-0.4, -0.2) is 38.8 Å². The summed E-state index contributed by atoms with van der Waals surface area (Å²) in [5, 5.41) is 9.23. The fraction of sp³-hybridized carbons (Fsp3) is 0.294. The fourth-order valence-electron chi connectivity index (χ4n) is 6.24. The molecule has 1 aliphatic carbocycles. The molecular weight excluding hydrogens is 510 g/mol. The Morgan fingerprint density at radius 2 is 1.68 bits per heavy atom. The predicted molar refractivity (Wildman–Crippen MR) is 162 cm³/mol. The smallest absolute Gasteiger partial charge is 0.270 e. The number of fused-ring (bicyclic) bond motifs is 2. The number of carbonyl (C=O) groups excluding carboxylic acids is 2. The van der Waals surface area contributed by atoms with E-state index in [9.17, 15) is 9.59 Å². The normalized spacial score (nSPS) is 16.2. The first-order valence-electron chi connectivity index (χ1n) is 14.4. The maximum atomic E-state index is 14.1. The molecule has 7 nitrogen and oxygen atoms in total. The predicted octanol–water partition coefficient (Wildman–Crippen LogP) is 5.86. The lowest BCUT2D eigenvalue weighted by Crippen LogP contribution is -2.60. The van der Waals surface area contributed by atoms with Crippen molar-refractivity contribution in [3.63, 3.8) is 0 Å². The van der Waals surface area contributed by atoms with Gasteiger partial charge in [-0.15, -0.1) is 0 Å². The van der Waals surface area contributed by atoms with Gasteiger partial charge in [-0.1, -0.05) is 67.8 Å². The lowest BCUT2D eigenvalue weighted by atomic mass is 9.71. The number of benzene rings is 2. The molecule has 3 N–H and O–H groups in total. The summed E-state index contributed by atoms with van der Waals surface area (Å²) in [5.74, 6) is -0.608. The van der Waals surface area contributed by atoms with Crippen molar-refractivity contribution in [2.24, 2.45) is 0 Å². The molecule has 0 aliphatic heterocycles. The van der Waals surface area contributed by atoms with Gasteiger partial charge >= 0.3 is 0 Å². The lowest BCUT2D eigenvalue weighted by Gasteiger charge is -2.38. The van der Waals surface area contributed by atoms with E-state index in [2.05, 4.69) is 31.7 Å². The summed E-state index contributed by atoms with van der Waals surface area (Å²) >= 11 is 0. The Kier molecular flexibility index (Phi) is 7.26. The molecule has 0 bridgehead atoms. The van der Waals surface area contributed by atoms with Gasteiger partial charge in [-0.3, -0.25) is 19.6 Å². The average molecular weight is 546 g/mol. The molecule has 0 saturated heterocycles. The van der Waals surface area contributed by atoms with Gasteiger partial charge in [0.15, 0.2) is 0 Å². The Morgan fingerprint density at radius 1 is 0.927 bits per heavy atom. The fourth-order valence-corrected chi connectivity index (χ4v) is 6.24. The SMILES string of the molecule is C[C@@](Cc1c[nH]c2ccccc12)(NC(=O)c1cc2ccccc2cn1)C(=O)NCC1(c2ccccn2)CCCCC1. The first-order chi connectivity index (χ1) is 20.0. The Labute approximate surface area is 239 Å². The number of amides is 2. The van der Waals surface area contributed by atoms with Gasteiger partial charge in [0.25, 0.3) is 5.91 Å². The van der Waals surface area contributed by atoms with Gasteiger partial charge in [-0.2, -0.15) is 0 Å². The van der Waals surface area contributed by atoms with Gasteiger partial charge in [0.05, 0.1) is 0 Å². The minimum atomic E-state index is -1.23. The number of H-pyrrole nitrogens is 1. The van der Waals surface area contributed by atoms with E-state index in [0.29, 0.717) is 13.0 Å². The number of hydrogen-bond acceptors (Lipinski definition) is 4. The summed E-state index contributed by atoms with van der Waals surface area (Å²) in [5.41, 5.74) is 1.80. The second-order valence-corrected chi connectivity index (χ2v) is 11.5. The van der Waals surface area contributed by atoms with Crippen LogP contribution >= 0.6 is 0 Å². The highest BCUT2D eigenvalue weighted by atomic mass is 16.2. The zero-order valence-electron chi connectivity index (χ0n) is 23.3. The number of nitrogens with one attached hydrogen (secondary N) is 3. The van der Waals surface area contributed by atoms with Gasteiger partial charge in [-0.05, 0) is 55.0 Å². The number of nitrogens with zero attached hydrogens (tertiary/aromatic N) is 2. The van der Waals surface area contributed by atoms with Crippen molar-refractivity contribution in [2.75, 3.05) is 6.54 Å². The van der Waals surface area contributed by atoms with Gasteiger partial charge < -0.3 is 15.6 Å². The first-order valence-corrected chi connectivity index (χ1v) is 14.4. The van der Waals surface area contributed by atoms with Crippen molar-refractivity contribution in [3.8, 4) is 0 Å². The van der Waals surface area contributed by atoms with Crippen LogP contribution in [0.5, 0.6) is 0 Å². The molecule has 5 aromatic rings. The van der Waals surface area contributed by atoms with Crippen LogP contribution < -0.4 is 10.6 Å². The second-order valence-electron chi connectivity index (χ2n) is 11.5. The minimum Gasteiger partial charge on any atom is -0.361 e. The van der Waals surface area contributed by atoms with Crippen LogP contribution in [0.3, 0.4) is 0 Å². The monoisotopic (exact) mass is 545 g/mol. The van der Waals surface area contributed by atoms with Gasteiger partial charge in [0, 0.05) is 59.0 Å². The van der Waals surface area contributed by atoms with Crippen LogP contribution in [0.25, 0.3) is 21.7 Å². The maximum absolute atomic E-state index is 14.1. The number of aromatic nitrogens is 3. The van der Waals surface area contributed by atoms with Gasteiger partial charge in [-0.25, -0.2) is 0 Å². The Morgan fingerprint density at radius 3 is 2.49 bits per heavy atom. The third-order valence-corrected chi connectivity index (χ3v) is 8.58. The zero-order chi connectivity index (χ0) is 28.3. The first kappa shape index (κ1) is 26.7. The van der Waals surface area contributed by atoms with Crippen molar-refractivity contribution in [3.05, 3.63) is 108 Å². The number of hydrogen-bond donors (Lipinski definition) is 3. The molecule has 2 amide bonds.